The molecule has 1 nitrogen and oxygen atoms in total. The van der Waals surface area contributed by atoms with Crippen LogP contribution in [0.1, 0.15) is 24.8 Å². The lowest BCUT2D eigenvalue weighted by molar-refractivity contribution is 0.631. The highest BCUT2D eigenvalue weighted by atomic mass is 35.5. The van der Waals surface area contributed by atoms with Gasteiger partial charge in [0.2, 0.25) is 0 Å². The first-order chi connectivity index (χ1) is 6.18. The summed E-state index contributed by atoms with van der Waals surface area (Å²) in [6, 6.07) is 8.44. The zero-order valence-electron chi connectivity index (χ0n) is 7.70. The lowest BCUT2D eigenvalue weighted by Crippen LogP contribution is -2.17. The first-order valence-electron chi connectivity index (χ1n) is 4.69. The molecule has 3 unspecified atom stereocenters. The minimum atomic E-state index is 0.320. The molecule has 3 atom stereocenters. The molecule has 1 aromatic carbocycles. The Bertz CT molecular complexity index is 291. The summed E-state index contributed by atoms with van der Waals surface area (Å²) in [4.78, 5) is 0. The third kappa shape index (κ3) is 1.87. The molecule has 0 aliphatic heterocycles. The molecule has 70 valence electrons. The molecular weight excluding hydrogens is 182 g/mol. The quantitative estimate of drug-likeness (QED) is 0.772. The second-order valence-corrected chi connectivity index (χ2v) is 4.35. The van der Waals surface area contributed by atoms with Crippen LogP contribution in [0.4, 0.5) is 0 Å². The van der Waals surface area contributed by atoms with Crippen molar-refractivity contribution < 1.29 is 0 Å². The SMILES string of the molecule is CC(N)C1CC1c1ccc(Cl)cc1. The molecule has 1 aliphatic rings. The topological polar surface area (TPSA) is 26.0 Å². The van der Waals surface area contributed by atoms with Gasteiger partial charge >= 0.3 is 0 Å². The first-order valence-corrected chi connectivity index (χ1v) is 5.07. The third-order valence-corrected chi connectivity index (χ3v) is 3.07. The van der Waals surface area contributed by atoms with Crippen LogP contribution in [0.5, 0.6) is 0 Å². The third-order valence-electron chi connectivity index (χ3n) is 2.81. The standard InChI is InChI=1S/C11H14ClN/c1-7(13)10-6-11(10)8-2-4-9(12)5-3-8/h2-5,7,10-11H,6,13H2,1H3. The first kappa shape index (κ1) is 9.04. The highest BCUT2D eigenvalue weighted by Crippen LogP contribution is 2.48. The van der Waals surface area contributed by atoms with Gasteiger partial charge in [0.15, 0.2) is 0 Å². The van der Waals surface area contributed by atoms with Gasteiger partial charge in [0.1, 0.15) is 0 Å². The summed E-state index contributed by atoms with van der Waals surface area (Å²) < 4.78 is 0. The predicted molar refractivity (Wildman–Crippen MR) is 55.9 cm³/mol. The summed E-state index contributed by atoms with van der Waals surface area (Å²) in [6.07, 6.45) is 1.24. The lowest BCUT2D eigenvalue weighted by atomic mass is 10.1. The van der Waals surface area contributed by atoms with E-state index in [1.165, 1.54) is 12.0 Å². The Morgan fingerprint density at radius 2 is 2.00 bits per heavy atom. The lowest BCUT2D eigenvalue weighted by Gasteiger charge is -2.03. The van der Waals surface area contributed by atoms with Gasteiger partial charge in [-0.15, -0.1) is 0 Å². The molecule has 1 fully saturated rings. The van der Waals surface area contributed by atoms with Crippen LogP contribution in [0.15, 0.2) is 24.3 Å². The van der Waals surface area contributed by atoms with E-state index in [1.54, 1.807) is 0 Å². The summed E-state index contributed by atoms with van der Waals surface area (Å²) in [7, 11) is 0. The molecular formula is C11H14ClN. The van der Waals surface area contributed by atoms with Gasteiger partial charge in [-0.2, -0.15) is 0 Å². The van der Waals surface area contributed by atoms with E-state index < -0.39 is 0 Å². The molecule has 13 heavy (non-hydrogen) atoms. The Hall–Kier alpha value is -0.530. The maximum atomic E-state index is 5.83. The van der Waals surface area contributed by atoms with Crippen LogP contribution >= 0.6 is 11.6 Å². The van der Waals surface area contributed by atoms with Crippen LogP contribution in [0.2, 0.25) is 5.02 Å². The monoisotopic (exact) mass is 195 g/mol. The van der Waals surface area contributed by atoms with Crippen LogP contribution in [-0.2, 0) is 0 Å². The van der Waals surface area contributed by atoms with E-state index in [4.69, 9.17) is 17.3 Å². The van der Waals surface area contributed by atoms with Gasteiger partial charge < -0.3 is 5.73 Å². The van der Waals surface area contributed by atoms with Crippen molar-refractivity contribution in [3.8, 4) is 0 Å². The van der Waals surface area contributed by atoms with E-state index in [9.17, 15) is 0 Å². The largest absolute Gasteiger partial charge is 0.328 e. The summed E-state index contributed by atoms with van der Waals surface area (Å²) in [6.45, 7) is 2.08. The number of hydrogen-bond acceptors (Lipinski definition) is 1. The summed E-state index contributed by atoms with van der Waals surface area (Å²) >= 11 is 5.81. The number of hydrogen-bond donors (Lipinski definition) is 1. The van der Waals surface area contributed by atoms with Crippen molar-refractivity contribution in [3.05, 3.63) is 34.9 Å². The van der Waals surface area contributed by atoms with Crippen molar-refractivity contribution in [1.29, 1.82) is 0 Å². The van der Waals surface area contributed by atoms with Crippen molar-refractivity contribution >= 4 is 11.6 Å². The van der Waals surface area contributed by atoms with Crippen molar-refractivity contribution in [2.24, 2.45) is 11.7 Å². The maximum absolute atomic E-state index is 5.83. The molecule has 0 amide bonds. The molecule has 0 aromatic heterocycles. The Labute approximate surface area is 83.9 Å². The van der Waals surface area contributed by atoms with Crippen LogP contribution in [0, 0.1) is 5.92 Å². The second kappa shape index (κ2) is 3.32. The van der Waals surface area contributed by atoms with Gasteiger partial charge in [-0.05, 0) is 42.9 Å². The van der Waals surface area contributed by atoms with E-state index in [0.29, 0.717) is 17.9 Å². The number of rotatable bonds is 2. The van der Waals surface area contributed by atoms with Gasteiger partial charge in [0.05, 0.1) is 0 Å². The number of halogens is 1. The zero-order valence-corrected chi connectivity index (χ0v) is 8.46. The normalized spacial score (nSPS) is 28.5. The van der Waals surface area contributed by atoms with Gasteiger partial charge in [-0.25, -0.2) is 0 Å². The fourth-order valence-electron chi connectivity index (χ4n) is 1.89. The maximum Gasteiger partial charge on any atom is 0.0406 e. The summed E-state index contributed by atoms with van der Waals surface area (Å²) in [5, 5.41) is 0.807. The minimum absolute atomic E-state index is 0.320. The fourth-order valence-corrected chi connectivity index (χ4v) is 2.01. The highest BCUT2D eigenvalue weighted by Gasteiger charge is 2.40. The van der Waals surface area contributed by atoms with Crippen LogP contribution < -0.4 is 5.73 Å². The van der Waals surface area contributed by atoms with E-state index >= 15 is 0 Å². The minimum Gasteiger partial charge on any atom is -0.328 e. The summed E-state index contributed by atoms with van der Waals surface area (Å²) in [5.74, 6) is 1.36. The predicted octanol–water partition coefficient (Wildman–Crippen LogP) is 2.79. The van der Waals surface area contributed by atoms with Crippen molar-refractivity contribution in [1.82, 2.24) is 0 Å². The molecule has 1 aliphatic carbocycles. The molecule has 0 radical (unpaired) electrons. The van der Waals surface area contributed by atoms with Crippen LogP contribution in [0.25, 0.3) is 0 Å². The molecule has 1 saturated carbocycles. The molecule has 0 heterocycles. The highest BCUT2D eigenvalue weighted by molar-refractivity contribution is 6.30. The van der Waals surface area contributed by atoms with E-state index in [-0.39, 0.29) is 0 Å². The van der Waals surface area contributed by atoms with Gasteiger partial charge in [0, 0.05) is 11.1 Å². The number of benzene rings is 1. The van der Waals surface area contributed by atoms with E-state index in [0.717, 1.165) is 5.02 Å². The Balaban J connectivity index is 2.08. The van der Waals surface area contributed by atoms with E-state index in [2.05, 4.69) is 19.1 Å². The van der Waals surface area contributed by atoms with Crippen molar-refractivity contribution in [3.63, 3.8) is 0 Å². The molecule has 1 aromatic rings. The molecule has 0 saturated heterocycles. The molecule has 0 bridgehead atoms. The van der Waals surface area contributed by atoms with Gasteiger partial charge in [-0.3, -0.25) is 0 Å². The van der Waals surface area contributed by atoms with Gasteiger partial charge in [-0.1, -0.05) is 23.7 Å². The second-order valence-electron chi connectivity index (χ2n) is 3.92. The molecule has 2 heteroatoms. The molecule has 0 spiro atoms. The fraction of sp³-hybridized carbons (Fsp3) is 0.455. The zero-order chi connectivity index (χ0) is 9.42. The Morgan fingerprint density at radius 1 is 1.38 bits per heavy atom. The summed E-state index contributed by atoms with van der Waals surface area (Å²) in [5.41, 5.74) is 7.21. The Kier molecular flexibility index (Phi) is 2.31. The van der Waals surface area contributed by atoms with Crippen LogP contribution in [0.3, 0.4) is 0 Å². The van der Waals surface area contributed by atoms with Crippen molar-refractivity contribution in [2.45, 2.75) is 25.3 Å². The average Bonchev–Trinajstić information content (AvgIpc) is 2.85. The smallest absolute Gasteiger partial charge is 0.0406 e. The molecule has 2 N–H and O–H groups in total. The van der Waals surface area contributed by atoms with E-state index in [1.807, 2.05) is 12.1 Å². The Morgan fingerprint density at radius 3 is 2.46 bits per heavy atom. The van der Waals surface area contributed by atoms with Crippen molar-refractivity contribution in [2.75, 3.05) is 0 Å². The number of nitrogens with two attached hydrogens (primary N) is 1. The van der Waals surface area contributed by atoms with Crippen LogP contribution in [-0.4, -0.2) is 6.04 Å². The average molecular weight is 196 g/mol. The molecule has 2 rings (SSSR count). The van der Waals surface area contributed by atoms with Gasteiger partial charge in [0.25, 0.3) is 0 Å².